The lowest BCUT2D eigenvalue weighted by molar-refractivity contribution is -0.121. The normalized spacial score (nSPS) is 12.5. The fraction of sp³-hybridized carbons (Fsp3) is 0.231. The van der Waals surface area contributed by atoms with Crippen LogP contribution in [0, 0.1) is 0 Å². The average Bonchev–Trinajstić information content (AvgIpc) is 2.85. The van der Waals surface area contributed by atoms with Gasteiger partial charge in [-0.15, -0.1) is 0 Å². The number of fused-ring (bicyclic) bond motifs is 1. The Balaban J connectivity index is 1.44. The predicted molar refractivity (Wildman–Crippen MR) is 126 cm³/mol. The number of rotatable bonds is 8. The van der Waals surface area contributed by atoms with Crippen molar-refractivity contribution in [1.29, 1.82) is 0 Å². The Labute approximate surface area is 192 Å². The minimum absolute atomic E-state index is 0.00311. The molecule has 33 heavy (non-hydrogen) atoms. The van der Waals surface area contributed by atoms with Crippen molar-refractivity contribution in [2.75, 3.05) is 31.0 Å². The molecule has 1 aliphatic rings. The van der Waals surface area contributed by atoms with Gasteiger partial charge in [-0.05, 0) is 47.9 Å². The van der Waals surface area contributed by atoms with Crippen LogP contribution in [-0.4, -0.2) is 32.6 Å². The Bertz CT molecular complexity index is 1150. The van der Waals surface area contributed by atoms with Gasteiger partial charge in [0.2, 0.25) is 5.91 Å². The quantitative estimate of drug-likeness (QED) is 0.561. The molecule has 3 aromatic carbocycles. The van der Waals surface area contributed by atoms with Crippen molar-refractivity contribution < 1.29 is 23.8 Å². The molecule has 0 atom stereocenters. The van der Waals surface area contributed by atoms with Crippen LogP contribution >= 0.6 is 0 Å². The summed E-state index contributed by atoms with van der Waals surface area (Å²) in [5, 5.41) is 2.92. The number of anilines is 2. The molecule has 7 heteroatoms. The number of carbonyl (C=O) groups is 2. The third-order valence-corrected chi connectivity index (χ3v) is 5.46. The zero-order valence-electron chi connectivity index (χ0n) is 18.7. The topological polar surface area (TPSA) is 77.1 Å². The van der Waals surface area contributed by atoms with E-state index < -0.39 is 0 Å². The third-order valence-electron chi connectivity index (χ3n) is 5.46. The third kappa shape index (κ3) is 5.26. The SMILES string of the molecule is COc1ccc(CCC(=O)Nc2ccc3c(c2)N(Cc2ccccc2)C(=O)CO3)cc1OC. The highest BCUT2D eigenvalue weighted by Crippen LogP contribution is 2.35. The van der Waals surface area contributed by atoms with Gasteiger partial charge < -0.3 is 24.4 Å². The molecule has 0 aromatic heterocycles. The lowest BCUT2D eigenvalue weighted by atomic mass is 10.1. The number of nitrogens with one attached hydrogen (secondary N) is 1. The van der Waals surface area contributed by atoms with E-state index in [-0.39, 0.29) is 18.4 Å². The number of hydrogen-bond acceptors (Lipinski definition) is 5. The molecule has 0 fully saturated rings. The Morgan fingerprint density at radius 3 is 2.52 bits per heavy atom. The molecule has 0 saturated carbocycles. The lowest BCUT2D eigenvalue weighted by Gasteiger charge is -2.30. The van der Waals surface area contributed by atoms with Crippen molar-refractivity contribution in [3.05, 3.63) is 77.9 Å². The molecule has 0 radical (unpaired) electrons. The van der Waals surface area contributed by atoms with Crippen LogP contribution in [0.1, 0.15) is 17.5 Å². The molecule has 1 N–H and O–H groups in total. The summed E-state index contributed by atoms with van der Waals surface area (Å²) < 4.78 is 16.2. The van der Waals surface area contributed by atoms with Crippen LogP contribution in [0.25, 0.3) is 0 Å². The molecule has 0 aliphatic carbocycles. The van der Waals surface area contributed by atoms with Crippen LogP contribution in [-0.2, 0) is 22.6 Å². The molecule has 3 aromatic rings. The number of benzene rings is 3. The summed E-state index contributed by atoms with van der Waals surface area (Å²) in [5.41, 5.74) is 3.25. The van der Waals surface area contributed by atoms with E-state index in [4.69, 9.17) is 14.2 Å². The summed E-state index contributed by atoms with van der Waals surface area (Å²) in [5.74, 6) is 1.66. The van der Waals surface area contributed by atoms with E-state index in [0.29, 0.717) is 48.0 Å². The number of methoxy groups -OCH3 is 2. The standard InChI is InChI=1S/C26H26N2O5/c1-31-23-11-8-18(14-24(23)32-2)9-13-25(29)27-20-10-12-22-21(15-20)28(26(30)17-33-22)16-19-6-4-3-5-7-19/h3-8,10-12,14-15H,9,13,16-17H2,1-2H3,(H,27,29). The van der Waals surface area contributed by atoms with E-state index in [1.807, 2.05) is 48.5 Å². The molecule has 1 heterocycles. The Kier molecular flexibility index (Phi) is 6.78. The van der Waals surface area contributed by atoms with Gasteiger partial charge in [0, 0.05) is 12.1 Å². The summed E-state index contributed by atoms with van der Waals surface area (Å²) in [4.78, 5) is 26.8. The highest BCUT2D eigenvalue weighted by atomic mass is 16.5. The molecule has 4 rings (SSSR count). The number of amides is 2. The minimum atomic E-state index is -0.123. The van der Waals surface area contributed by atoms with Crippen LogP contribution in [0.5, 0.6) is 17.2 Å². The van der Waals surface area contributed by atoms with Crippen molar-refractivity contribution in [1.82, 2.24) is 0 Å². The largest absolute Gasteiger partial charge is 0.493 e. The second kappa shape index (κ2) is 10.1. The molecule has 1 aliphatic heterocycles. The van der Waals surface area contributed by atoms with Crippen molar-refractivity contribution in [3.63, 3.8) is 0 Å². The highest BCUT2D eigenvalue weighted by Gasteiger charge is 2.26. The number of nitrogens with zero attached hydrogens (tertiary/aromatic N) is 1. The molecule has 0 spiro atoms. The van der Waals surface area contributed by atoms with Crippen molar-refractivity contribution >= 4 is 23.2 Å². The monoisotopic (exact) mass is 446 g/mol. The Morgan fingerprint density at radius 2 is 1.76 bits per heavy atom. The molecule has 0 saturated heterocycles. The van der Waals surface area contributed by atoms with Gasteiger partial charge in [-0.3, -0.25) is 9.59 Å². The minimum Gasteiger partial charge on any atom is -0.493 e. The summed E-state index contributed by atoms with van der Waals surface area (Å²) in [7, 11) is 3.17. The van der Waals surface area contributed by atoms with E-state index in [0.717, 1.165) is 11.1 Å². The molecular weight excluding hydrogens is 420 g/mol. The van der Waals surface area contributed by atoms with E-state index in [1.165, 1.54) is 0 Å². The van der Waals surface area contributed by atoms with Crippen molar-refractivity contribution in [2.45, 2.75) is 19.4 Å². The maximum atomic E-state index is 12.6. The fourth-order valence-electron chi connectivity index (χ4n) is 3.74. The molecule has 0 unspecified atom stereocenters. The Hall–Kier alpha value is -4.00. The summed E-state index contributed by atoms with van der Waals surface area (Å²) in [6.45, 7) is 0.434. The van der Waals surface area contributed by atoms with Crippen LogP contribution < -0.4 is 24.4 Å². The zero-order chi connectivity index (χ0) is 23.2. The number of hydrogen-bond donors (Lipinski definition) is 1. The van der Waals surface area contributed by atoms with Gasteiger partial charge in [-0.2, -0.15) is 0 Å². The van der Waals surface area contributed by atoms with Crippen molar-refractivity contribution in [3.8, 4) is 17.2 Å². The maximum Gasteiger partial charge on any atom is 0.265 e. The molecule has 7 nitrogen and oxygen atoms in total. The number of aryl methyl sites for hydroxylation is 1. The van der Waals surface area contributed by atoms with Crippen molar-refractivity contribution in [2.24, 2.45) is 0 Å². The average molecular weight is 447 g/mol. The van der Waals surface area contributed by atoms with Gasteiger partial charge in [0.15, 0.2) is 18.1 Å². The maximum absolute atomic E-state index is 12.6. The van der Waals surface area contributed by atoms with Crippen LogP contribution in [0.15, 0.2) is 66.7 Å². The van der Waals surface area contributed by atoms with E-state index in [9.17, 15) is 9.59 Å². The van der Waals surface area contributed by atoms with Gasteiger partial charge in [0.05, 0.1) is 26.5 Å². The fourth-order valence-corrected chi connectivity index (χ4v) is 3.74. The molecule has 2 amide bonds. The molecular formula is C26H26N2O5. The molecule has 170 valence electrons. The second-order valence-electron chi connectivity index (χ2n) is 7.67. The lowest BCUT2D eigenvalue weighted by Crippen LogP contribution is -2.38. The first kappa shape index (κ1) is 22.2. The predicted octanol–water partition coefficient (Wildman–Crippen LogP) is 4.20. The number of ether oxygens (including phenoxy) is 3. The zero-order valence-corrected chi connectivity index (χ0v) is 18.7. The van der Waals surface area contributed by atoms with E-state index in [2.05, 4.69) is 5.32 Å². The molecule has 0 bridgehead atoms. The highest BCUT2D eigenvalue weighted by molar-refractivity contribution is 5.99. The van der Waals surface area contributed by atoms with Gasteiger partial charge in [-0.1, -0.05) is 36.4 Å². The first-order valence-electron chi connectivity index (χ1n) is 10.7. The van der Waals surface area contributed by atoms with Gasteiger partial charge in [-0.25, -0.2) is 0 Å². The summed E-state index contributed by atoms with van der Waals surface area (Å²) >= 11 is 0. The van der Waals surface area contributed by atoms with Gasteiger partial charge in [0.1, 0.15) is 5.75 Å². The van der Waals surface area contributed by atoms with Crippen LogP contribution in [0.2, 0.25) is 0 Å². The Morgan fingerprint density at radius 1 is 0.970 bits per heavy atom. The summed E-state index contributed by atoms with van der Waals surface area (Å²) in [6.07, 6.45) is 0.856. The van der Waals surface area contributed by atoms with Gasteiger partial charge in [0.25, 0.3) is 5.91 Å². The van der Waals surface area contributed by atoms with E-state index in [1.54, 1.807) is 37.3 Å². The number of carbonyl (C=O) groups excluding carboxylic acids is 2. The van der Waals surface area contributed by atoms with Gasteiger partial charge >= 0.3 is 0 Å². The smallest absolute Gasteiger partial charge is 0.265 e. The second-order valence-corrected chi connectivity index (χ2v) is 7.67. The van der Waals surface area contributed by atoms with E-state index >= 15 is 0 Å². The first-order valence-corrected chi connectivity index (χ1v) is 10.7. The van der Waals surface area contributed by atoms with Crippen LogP contribution in [0.3, 0.4) is 0 Å². The first-order chi connectivity index (χ1) is 16.1. The summed E-state index contributed by atoms with van der Waals surface area (Å²) in [6, 6.07) is 20.7. The van der Waals surface area contributed by atoms with Crippen LogP contribution in [0.4, 0.5) is 11.4 Å².